The van der Waals surface area contributed by atoms with E-state index in [1.807, 2.05) is 0 Å². The smallest absolute Gasteiger partial charge is 0.339 e. The number of carbonyl (C=O) groups is 1. The zero-order chi connectivity index (χ0) is 20.1. The Bertz CT molecular complexity index is 941. The summed E-state index contributed by atoms with van der Waals surface area (Å²) in [5, 5.41) is 0.723. The van der Waals surface area contributed by atoms with Crippen molar-refractivity contribution in [1.29, 1.82) is 0 Å². The van der Waals surface area contributed by atoms with Crippen LogP contribution in [-0.2, 0) is 14.8 Å². The maximum Gasteiger partial charge on any atom is 0.339 e. The molecular formula is C19H19Cl2NO5S. The van der Waals surface area contributed by atoms with Crippen LogP contribution in [0.3, 0.4) is 0 Å². The van der Waals surface area contributed by atoms with E-state index < -0.39 is 16.0 Å². The third-order valence-electron chi connectivity index (χ3n) is 4.26. The fraction of sp³-hybridized carbons (Fsp3) is 0.316. The molecule has 0 atom stereocenters. The summed E-state index contributed by atoms with van der Waals surface area (Å²) in [7, 11) is -3.64. The van der Waals surface area contributed by atoms with E-state index in [0.29, 0.717) is 23.9 Å². The van der Waals surface area contributed by atoms with E-state index in [1.54, 1.807) is 24.3 Å². The van der Waals surface area contributed by atoms with Crippen molar-refractivity contribution in [1.82, 2.24) is 4.31 Å². The van der Waals surface area contributed by atoms with Crippen LogP contribution in [0.1, 0.15) is 23.2 Å². The second-order valence-corrected chi connectivity index (χ2v) is 8.97. The Balaban J connectivity index is 1.62. The van der Waals surface area contributed by atoms with E-state index in [1.165, 1.54) is 22.5 Å². The summed E-state index contributed by atoms with van der Waals surface area (Å²) in [5.74, 6) is -0.111. The SMILES string of the molecule is O=C(OCCOc1ccc(Cl)cc1)c1cc(S(=O)(=O)N2CCCC2)ccc1Cl. The van der Waals surface area contributed by atoms with Gasteiger partial charge in [0.2, 0.25) is 10.0 Å². The highest BCUT2D eigenvalue weighted by Crippen LogP contribution is 2.26. The van der Waals surface area contributed by atoms with Crippen LogP contribution in [0.4, 0.5) is 0 Å². The second-order valence-electron chi connectivity index (χ2n) is 6.19. The van der Waals surface area contributed by atoms with E-state index >= 15 is 0 Å². The van der Waals surface area contributed by atoms with Crippen molar-refractivity contribution >= 4 is 39.2 Å². The molecule has 2 aromatic carbocycles. The number of nitrogens with zero attached hydrogens (tertiary/aromatic N) is 1. The van der Waals surface area contributed by atoms with Crippen LogP contribution in [0.5, 0.6) is 5.75 Å². The molecule has 1 aliphatic rings. The van der Waals surface area contributed by atoms with Crippen molar-refractivity contribution < 1.29 is 22.7 Å². The molecule has 0 spiro atoms. The Kier molecular flexibility index (Phi) is 6.82. The molecular weight excluding hydrogens is 425 g/mol. The number of hydrogen-bond donors (Lipinski definition) is 0. The van der Waals surface area contributed by atoms with Crippen molar-refractivity contribution in [2.24, 2.45) is 0 Å². The number of carbonyl (C=O) groups excluding carboxylic acids is 1. The maximum atomic E-state index is 12.7. The lowest BCUT2D eigenvalue weighted by Gasteiger charge is -2.16. The summed E-state index contributed by atoms with van der Waals surface area (Å²) >= 11 is 11.9. The number of hydrogen-bond acceptors (Lipinski definition) is 5. The van der Waals surface area contributed by atoms with Crippen molar-refractivity contribution in [3.8, 4) is 5.75 Å². The lowest BCUT2D eigenvalue weighted by atomic mass is 10.2. The number of benzene rings is 2. The van der Waals surface area contributed by atoms with Gasteiger partial charge in [-0.25, -0.2) is 13.2 Å². The Labute approximate surface area is 174 Å². The maximum absolute atomic E-state index is 12.7. The van der Waals surface area contributed by atoms with Crippen LogP contribution in [0.25, 0.3) is 0 Å². The molecule has 0 saturated carbocycles. The van der Waals surface area contributed by atoms with E-state index in [9.17, 15) is 13.2 Å². The van der Waals surface area contributed by atoms with Gasteiger partial charge in [0.1, 0.15) is 19.0 Å². The lowest BCUT2D eigenvalue weighted by Crippen LogP contribution is -2.28. The molecule has 28 heavy (non-hydrogen) atoms. The number of rotatable bonds is 7. The molecule has 0 amide bonds. The zero-order valence-corrected chi connectivity index (χ0v) is 17.3. The first-order valence-corrected chi connectivity index (χ1v) is 10.9. The predicted molar refractivity (Wildman–Crippen MR) is 107 cm³/mol. The minimum absolute atomic E-state index is 0.00781. The Morgan fingerprint density at radius 3 is 2.36 bits per heavy atom. The molecule has 9 heteroatoms. The van der Waals surface area contributed by atoms with Gasteiger partial charge in [0.25, 0.3) is 0 Å². The van der Waals surface area contributed by atoms with Gasteiger partial charge in [-0.05, 0) is 55.3 Å². The molecule has 2 aromatic rings. The summed E-state index contributed by atoms with van der Waals surface area (Å²) in [4.78, 5) is 12.4. The third kappa shape index (κ3) is 4.97. The van der Waals surface area contributed by atoms with Crippen molar-refractivity contribution in [2.45, 2.75) is 17.7 Å². The van der Waals surface area contributed by atoms with Crippen LogP contribution < -0.4 is 4.74 Å². The minimum atomic E-state index is -3.64. The van der Waals surface area contributed by atoms with Gasteiger partial charge in [-0.2, -0.15) is 4.31 Å². The normalized spacial score (nSPS) is 14.8. The molecule has 1 saturated heterocycles. The molecule has 0 aromatic heterocycles. The molecule has 0 unspecified atom stereocenters. The highest BCUT2D eigenvalue weighted by atomic mass is 35.5. The van der Waals surface area contributed by atoms with Crippen molar-refractivity contribution in [3.63, 3.8) is 0 Å². The summed E-state index contributed by atoms with van der Waals surface area (Å²) in [6.07, 6.45) is 1.66. The van der Waals surface area contributed by atoms with E-state index in [-0.39, 0.29) is 28.7 Å². The Morgan fingerprint density at radius 1 is 1.00 bits per heavy atom. The van der Waals surface area contributed by atoms with Crippen LogP contribution >= 0.6 is 23.2 Å². The Hall–Kier alpha value is -1.80. The average molecular weight is 444 g/mol. The molecule has 3 rings (SSSR count). The number of halogens is 2. The molecule has 1 fully saturated rings. The van der Waals surface area contributed by atoms with Crippen molar-refractivity contribution in [2.75, 3.05) is 26.3 Å². The highest BCUT2D eigenvalue weighted by molar-refractivity contribution is 7.89. The topological polar surface area (TPSA) is 72.9 Å². The van der Waals surface area contributed by atoms with Crippen LogP contribution in [0.15, 0.2) is 47.4 Å². The van der Waals surface area contributed by atoms with E-state index in [4.69, 9.17) is 32.7 Å². The first-order chi connectivity index (χ1) is 13.4. The quantitative estimate of drug-likeness (QED) is 0.477. The summed E-state index contributed by atoms with van der Waals surface area (Å²) in [6.45, 7) is 1.08. The van der Waals surface area contributed by atoms with Gasteiger partial charge in [0.05, 0.1) is 15.5 Å². The summed E-state index contributed by atoms with van der Waals surface area (Å²) in [5.41, 5.74) is 0.00781. The second kappa shape index (κ2) is 9.13. The van der Waals surface area contributed by atoms with Gasteiger partial charge < -0.3 is 9.47 Å². The Morgan fingerprint density at radius 2 is 1.68 bits per heavy atom. The van der Waals surface area contributed by atoms with Gasteiger partial charge >= 0.3 is 5.97 Å². The van der Waals surface area contributed by atoms with Crippen LogP contribution in [-0.4, -0.2) is 45.0 Å². The molecule has 0 N–H and O–H groups in total. The molecule has 150 valence electrons. The molecule has 6 nitrogen and oxygen atoms in total. The minimum Gasteiger partial charge on any atom is -0.490 e. The summed E-state index contributed by atoms with van der Waals surface area (Å²) in [6, 6.07) is 10.8. The van der Waals surface area contributed by atoms with E-state index in [0.717, 1.165) is 12.8 Å². The van der Waals surface area contributed by atoms with Crippen molar-refractivity contribution in [3.05, 3.63) is 58.1 Å². The number of sulfonamides is 1. The lowest BCUT2D eigenvalue weighted by molar-refractivity contribution is 0.0450. The first kappa shape index (κ1) is 20.9. The van der Waals surface area contributed by atoms with Crippen LogP contribution in [0.2, 0.25) is 10.0 Å². The average Bonchev–Trinajstić information content (AvgIpc) is 3.22. The molecule has 0 radical (unpaired) electrons. The molecule has 1 heterocycles. The van der Waals surface area contributed by atoms with Gasteiger partial charge in [0, 0.05) is 18.1 Å². The van der Waals surface area contributed by atoms with Gasteiger partial charge in [0.15, 0.2) is 0 Å². The molecule has 1 aliphatic heterocycles. The van der Waals surface area contributed by atoms with Gasteiger partial charge in [-0.1, -0.05) is 23.2 Å². The number of ether oxygens (including phenoxy) is 2. The standard InChI is InChI=1S/C19H19Cl2NO5S/c20-14-3-5-15(6-4-14)26-11-12-27-19(23)17-13-16(7-8-18(17)21)28(24,25)22-9-1-2-10-22/h3-8,13H,1-2,9-12H2. The highest BCUT2D eigenvalue weighted by Gasteiger charge is 2.28. The predicted octanol–water partition coefficient (Wildman–Crippen LogP) is 4.01. The number of esters is 1. The van der Waals surface area contributed by atoms with Crippen LogP contribution in [0, 0.1) is 0 Å². The largest absolute Gasteiger partial charge is 0.490 e. The monoisotopic (exact) mass is 443 g/mol. The zero-order valence-electron chi connectivity index (χ0n) is 14.9. The van der Waals surface area contributed by atoms with E-state index in [2.05, 4.69) is 0 Å². The fourth-order valence-electron chi connectivity index (χ4n) is 2.80. The third-order valence-corrected chi connectivity index (χ3v) is 6.74. The van der Waals surface area contributed by atoms with Gasteiger partial charge in [-0.3, -0.25) is 0 Å². The molecule has 0 bridgehead atoms. The fourth-order valence-corrected chi connectivity index (χ4v) is 4.67. The molecule has 0 aliphatic carbocycles. The first-order valence-electron chi connectivity index (χ1n) is 8.73. The summed E-state index contributed by atoms with van der Waals surface area (Å²) < 4.78 is 37.4. The van der Waals surface area contributed by atoms with Gasteiger partial charge in [-0.15, -0.1) is 0 Å².